The van der Waals surface area contributed by atoms with Crippen molar-refractivity contribution < 1.29 is 4.79 Å². The van der Waals surface area contributed by atoms with Crippen LogP contribution in [0.1, 0.15) is 32.3 Å². The van der Waals surface area contributed by atoms with Gasteiger partial charge in [0, 0.05) is 18.7 Å². The van der Waals surface area contributed by atoms with Gasteiger partial charge in [0.15, 0.2) is 0 Å². The number of aromatic nitrogens is 2. The van der Waals surface area contributed by atoms with E-state index in [9.17, 15) is 4.79 Å². The van der Waals surface area contributed by atoms with Crippen molar-refractivity contribution in [3.63, 3.8) is 0 Å². The van der Waals surface area contributed by atoms with Gasteiger partial charge in [-0.05, 0) is 25.2 Å². The number of anilines is 1. The van der Waals surface area contributed by atoms with Crippen molar-refractivity contribution in [2.45, 2.75) is 33.1 Å². The monoisotopic (exact) mass is 236 g/mol. The molecule has 2 N–H and O–H groups in total. The molecule has 1 atom stereocenters. The summed E-state index contributed by atoms with van der Waals surface area (Å²) in [6.45, 7) is 5.93. The fourth-order valence-electron chi connectivity index (χ4n) is 2.25. The van der Waals surface area contributed by atoms with E-state index in [2.05, 4.69) is 22.4 Å². The van der Waals surface area contributed by atoms with Crippen molar-refractivity contribution in [2.24, 2.45) is 5.92 Å². The van der Waals surface area contributed by atoms with Crippen molar-refractivity contribution >= 4 is 11.8 Å². The summed E-state index contributed by atoms with van der Waals surface area (Å²) >= 11 is 0. The highest BCUT2D eigenvalue weighted by molar-refractivity contribution is 5.89. The molecule has 1 fully saturated rings. The van der Waals surface area contributed by atoms with Crippen molar-refractivity contribution in [1.29, 1.82) is 0 Å². The number of urea groups is 1. The highest BCUT2D eigenvalue weighted by atomic mass is 16.2. The van der Waals surface area contributed by atoms with Gasteiger partial charge in [-0.3, -0.25) is 10.4 Å². The van der Waals surface area contributed by atoms with Gasteiger partial charge >= 0.3 is 6.03 Å². The average Bonchev–Trinajstić information content (AvgIpc) is 2.76. The molecule has 0 bridgehead atoms. The molecule has 1 aromatic rings. The number of H-pyrrole nitrogens is 1. The molecule has 2 rings (SSSR count). The Morgan fingerprint density at radius 3 is 3.24 bits per heavy atom. The number of hydrogen-bond acceptors (Lipinski definition) is 2. The third kappa shape index (κ3) is 2.78. The topological polar surface area (TPSA) is 61.0 Å². The molecule has 94 valence electrons. The maximum atomic E-state index is 12.0. The van der Waals surface area contributed by atoms with Crippen LogP contribution < -0.4 is 5.32 Å². The molecule has 0 aromatic carbocycles. The largest absolute Gasteiger partial charge is 0.324 e. The molecule has 17 heavy (non-hydrogen) atoms. The van der Waals surface area contributed by atoms with E-state index in [1.165, 1.54) is 6.42 Å². The first-order valence-electron chi connectivity index (χ1n) is 6.29. The van der Waals surface area contributed by atoms with Crippen LogP contribution in [0, 0.1) is 5.92 Å². The summed E-state index contributed by atoms with van der Waals surface area (Å²) in [6.07, 6.45) is 4.93. The second-order valence-electron chi connectivity index (χ2n) is 4.75. The molecule has 2 heterocycles. The SMILES string of the molecule is CCc1cn[nH]c1NC(=O)N1CCCC(C)C1. The Morgan fingerprint density at radius 1 is 1.71 bits per heavy atom. The Balaban J connectivity index is 1.96. The van der Waals surface area contributed by atoms with Gasteiger partial charge in [-0.2, -0.15) is 5.10 Å². The zero-order valence-corrected chi connectivity index (χ0v) is 10.5. The van der Waals surface area contributed by atoms with Gasteiger partial charge in [0.2, 0.25) is 0 Å². The lowest BCUT2D eigenvalue weighted by Crippen LogP contribution is -2.41. The number of hydrogen-bond donors (Lipinski definition) is 2. The van der Waals surface area contributed by atoms with Crippen molar-refractivity contribution in [3.05, 3.63) is 11.8 Å². The van der Waals surface area contributed by atoms with Crippen LogP contribution in [0.4, 0.5) is 10.6 Å². The van der Waals surface area contributed by atoms with E-state index in [1.54, 1.807) is 6.20 Å². The highest BCUT2D eigenvalue weighted by Crippen LogP contribution is 2.17. The second-order valence-corrected chi connectivity index (χ2v) is 4.75. The summed E-state index contributed by atoms with van der Waals surface area (Å²) in [7, 11) is 0. The molecule has 1 unspecified atom stereocenters. The lowest BCUT2D eigenvalue weighted by molar-refractivity contribution is 0.182. The second kappa shape index (κ2) is 5.21. The standard InChI is InChI=1S/C12H20N4O/c1-3-10-7-13-15-11(10)14-12(17)16-6-4-5-9(2)8-16/h7,9H,3-6,8H2,1-2H3,(H2,13,14,15,17). The predicted molar refractivity (Wildman–Crippen MR) is 67.0 cm³/mol. The molecule has 1 aliphatic rings. The van der Waals surface area contributed by atoms with Crippen LogP contribution in [-0.2, 0) is 6.42 Å². The van der Waals surface area contributed by atoms with Gasteiger partial charge in [0.25, 0.3) is 0 Å². The molecule has 1 aromatic heterocycles. The minimum Gasteiger partial charge on any atom is -0.324 e. The summed E-state index contributed by atoms with van der Waals surface area (Å²) in [5, 5.41) is 9.68. The van der Waals surface area contributed by atoms with E-state index in [0.29, 0.717) is 5.92 Å². The molecular formula is C12H20N4O. The molecule has 5 heteroatoms. The van der Waals surface area contributed by atoms with Gasteiger partial charge in [0.1, 0.15) is 5.82 Å². The molecule has 0 saturated carbocycles. The fraction of sp³-hybridized carbons (Fsp3) is 0.667. The first-order chi connectivity index (χ1) is 8.20. The van der Waals surface area contributed by atoms with E-state index in [1.807, 2.05) is 11.8 Å². The minimum atomic E-state index is -0.0181. The molecule has 1 aliphatic heterocycles. The number of amides is 2. The fourth-order valence-corrected chi connectivity index (χ4v) is 2.25. The Labute approximate surface area is 102 Å². The Bertz CT molecular complexity index is 388. The summed E-state index contributed by atoms with van der Waals surface area (Å²) in [4.78, 5) is 13.9. The summed E-state index contributed by atoms with van der Waals surface area (Å²) < 4.78 is 0. The van der Waals surface area contributed by atoms with E-state index in [4.69, 9.17) is 0 Å². The van der Waals surface area contributed by atoms with Crippen LogP contribution in [0.25, 0.3) is 0 Å². The molecule has 0 radical (unpaired) electrons. The third-order valence-electron chi connectivity index (χ3n) is 3.27. The molecule has 0 aliphatic carbocycles. The number of aryl methyl sites for hydroxylation is 1. The van der Waals surface area contributed by atoms with Crippen LogP contribution in [0.3, 0.4) is 0 Å². The number of carbonyl (C=O) groups excluding carboxylic acids is 1. The lowest BCUT2D eigenvalue weighted by atomic mass is 10.0. The number of nitrogens with one attached hydrogen (secondary N) is 2. The van der Waals surface area contributed by atoms with Crippen LogP contribution in [0.5, 0.6) is 0 Å². The van der Waals surface area contributed by atoms with Gasteiger partial charge in [-0.25, -0.2) is 4.79 Å². The van der Waals surface area contributed by atoms with E-state index in [0.717, 1.165) is 37.3 Å². The van der Waals surface area contributed by atoms with Crippen molar-refractivity contribution in [2.75, 3.05) is 18.4 Å². The lowest BCUT2D eigenvalue weighted by Gasteiger charge is -2.30. The minimum absolute atomic E-state index is 0.0181. The van der Waals surface area contributed by atoms with Crippen molar-refractivity contribution in [1.82, 2.24) is 15.1 Å². The Hall–Kier alpha value is -1.52. The van der Waals surface area contributed by atoms with E-state index >= 15 is 0 Å². The van der Waals surface area contributed by atoms with E-state index < -0.39 is 0 Å². The predicted octanol–water partition coefficient (Wildman–Crippen LogP) is 2.24. The first-order valence-corrected chi connectivity index (χ1v) is 6.29. The zero-order chi connectivity index (χ0) is 12.3. The van der Waals surface area contributed by atoms with Crippen LogP contribution in [-0.4, -0.2) is 34.2 Å². The van der Waals surface area contributed by atoms with Gasteiger partial charge < -0.3 is 4.90 Å². The number of piperidine rings is 1. The zero-order valence-electron chi connectivity index (χ0n) is 10.5. The molecule has 5 nitrogen and oxygen atoms in total. The van der Waals surface area contributed by atoms with Crippen LogP contribution >= 0.6 is 0 Å². The molecule has 2 amide bonds. The van der Waals surface area contributed by atoms with Crippen molar-refractivity contribution in [3.8, 4) is 0 Å². The van der Waals surface area contributed by atoms with Crippen LogP contribution in [0.15, 0.2) is 6.20 Å². The summed E-state index contributed by atoms with van der Waals surface area (Å²) in [5.41, 5.74) is 1.04. The normalized spacial score (nSPS) is 20.4. The molecule has 0 spiro atoms. The maximum absolute atomic E-state index is 12.0. The van der Waals surface area contributed by atoms with Gasteiger partial charge in [-0.15, -0.1) is 0 Å². The average molecular weight is 236 g/mol. The van der Waals surface area contributed by atoms with Crippen LogP contribution in [0.2, 0.25) is 0 Å². The quantitative estimate of drug-likeness (QED) is 0.827. The molecular weight excluding hydrogens is 216 g/mol. The van der Waals surface area contributed by atoms with Gasteiger partial charge in [0.05, 0.1) is 6.20 Å². The maximum Gasteiger partial charge on any atom is 0.323 e. The number of likely N-dealkylation sites (tertiary alicyclic amines) is 1. The highest BCUT2D eigenvalue weighted by Gasteiger charge is 2.21. The first kappa shape index (κ1) is 12.0. The van der Waals surface area contributed by atoms with Gasteiger partial charge in [-0.1, -0.05) is 13.8 Å². The Kier molecular flexibility index (Phi) is 3.66. The Morgan fingerprint density at radius 2 is 2.53 bits per heavy atom. The third-order valence-corrected chi connectivity index (χ3v) is 3.27. The molecule has 1 saturated heterocycles. The number of carbonyl (C=O) groups is 1. The number of aromatic amines is 1. The summed E-state index contributed by atoms with van der Waals surface area (Å²) in [5.74, 6) is 1.33. The smallest absolute Gasteiger partial charge is 0.323 e. The number of nitrogens with zero attached hydrogens (tertiary/aromatic N) is 2. The van der Waals surface area contributed by atoms with E-state index in [-0.39, 0.29) is 6.03 Å². The summed E-state index contributed by atoms with van der Waals surface area (Å²) in [6, 6.07) is -0.0181. The number of rotatable bonds is 2.